The summed E-state index contributed by atoms with van der Waals surface area (Å²) in [5, 5.41) is 6.85. The van der Waals surface area contributed by atoms with E-state index in [4.69, 9.17) is 11.6 Å². The van der Waals surface area contributed by atoms with E-state index in [9.17, 15) is 4.79 Å². The summed E-state index contributed by atoms with van der Waals surface area (Å²) in [5.41, 5.74) is 1.59. The number of carbonyl (C=O) groups excluding carboxylic acids is 1. The molecule has 0 fully saturated rings. The normalized spacial score (nSPS) is 10.5. The largest absolute Gasteiger partial charge is 0.370 e. The summed E-state index contributed by atoms with van der Waals surface area (Å²) in [6, 6.07) is 9.45. The molecule has 2 aromatic rings. The summed E-state index contributed by atoms with van der Waals surface area (Å²) in [7, 11) is 0. The van der Waals surface area contributed by atoms with Crippen molar-refractivity contribution in [1.29, 1.82) is 0 Å². The number of halogens is 1. The average Bonchev–Trinajstić information content (AvgIpc) is 2.56. The van der Waals surface area contributed by atoms with Gasteiger partial charge in [-0.3, -0.25) is 4.79 Å². The van der Waals surface area contributed by atoms with E-state index in [1.807, 2.05) is 24.3 Å². The Hall–Kier alpha value is -2.14. The number of hydrogen-bond acceptors (Lipinski definition) is 4. The number of hydrogen-bond donors (Lipinski definition) is 2. The Morgan fingerprint density at radius 2 is 1.92 bits per heavy atom. The van der Waals surface area contributed by atoms with Gasteiger partial charge >= 0.3 is 0 Å². The van der Waals surface area contributed by atoms with Gasteiger partial charge in [0.2, 0.25) is 0 Å². The molecule has 0 spiro atoms. The minimum atomic E-state index is -0.158. The molecule has 0 aliphatic carbocycles. The van der Waals surface area contributed by atoms with Gasteiger partial charge in [0.1, 0.15) is 17.3 Å². The number of amides is 1. The monoisotopic (exact) mass is 346 g/mol. The molecule has 1 aromatic carbocycles. The molecule has 128 valence electrons. The molecule has 0 aliphatic rings. The standard InChI is InChI=1S/C18H23ClN4O/c1-3-4-10-21-18(24)16-12-17(23-13(2)22-16)20-11-9-14-5-7-15(19)8-6-14/h5-8,12H,3-4,9-11H2,1-2H3,(H,21,24)(H,20,22,23). The number of benzene rings is 1. The van der Waals surface area contributed by atoms with Gasteiger partial charge in [-0.2, -0.15) is 0 Å². The lowest BCUT2D eigenvalue weighted by Crippen LogP contribution is -2.26. The smallest absolute Gasteiger partial charge is 0.270 e. The van der Waals surface area contributed by atoms with Crippen LogP contribution in [0.3, 0.4) is 0 Å². The van der Waals surface area contributed by atoms with Crippen LogP contribution in [0.15, 0.2) is 30.3 Å². The zero-order valence-corrected chi connectivity index (χ0v) is 14.9. The molecule has 1 amide bonds. The summed E-state index contributed by atoms with van der Waals surface area (Å²) in [5.74, 6) is 1.08. The van der Waals surface area contributed by atoms with Gasteiger partial charge in [-0.05, 0) is 37.5 Å². The van der Waals surface area contributed by atoms with E-state index in [1.165, 1.54) is 5.56 Å². The summed E-state index contributed by atoms with van der Waals surface area (Å²) in [6.45, 7) is 5.25. The van der Waals surface area contributed by atoms with Gasteiger partial charge < -0.3 is 10.6 Å². The van der Waals surface area contributed by atoms with E-state index in [1.54, 1.807) is 13.0 Å². The molecule has 2 rings (SSSR count). The lowest BCUT2D eigenvalue weighted by molar-refractivity contribution is 0.0948. The maximum atomic E-state index is 12.1. The molecule has 1 heterocycles. The van der Waals surface area contributed by atoms with Crippen molar-refractivity contribution >= 4 is 23.3 Å². The lowest BCUT2D eigenvalue weighted by atomic mass is 10.1. The Bertz CT molecular complexity index is 673. The van der Waals surface area contributed by atoms with E-state index < -0.39 is 0 Å². The van der Waals surface area contributed by atoms with Crippen molar-refractivity contribution in [1.82, 2.24) is 15.3 Å². The molecule has 6 heteroatoms. The highest BCUT2D eigenvalue weighted by Gasteiger charge is 2.09. The number of carbonyl (C=O) groups is 1. The molecular formula is C18H23ClN4O. The van der Waals surface area contributed by atoms with Crippen LogP contribution in [0.25, 0.3) is 0 Å². The van der Waals surface area contributed by atoms with Crippen LogP contribution in [-0.4, -0.2) is 29.0 Å². The maximum Gasteiger partial charge on any atom is 0.270 e. The van der Waals surface area contributed by atoms with E-state index in [-0.39, 0.29) is 5.91 Å². The van der Waals surface area contributed by atoms with Crippen LogP contribution in [0.4, 0.5) is 5.82 Å². The second-order valence-corrected chi connectivity index (χ2v) is 6.03. The maximum absolute atomic E-state index is 12.1. The molecule has 0 atom stereocenters. The lowest BCUT2D eigenvalue weighted by Gasteiger charge is -2.09. The summed E-state index contributed by atoms with van der Waals surface area (Å²) >= 11 is 5.88. The molecule has 0 radical (unpaired) electrons. The Morgan fingerprint density at radius 3 is 2.62 bits per heavy atom. The van der Waals surface area contributed by atoms with Crippen molar-refractivity contribution in [2.45, 2.75) is 33.1 Å². The second-order valence-electron chi connectivity index (χ2n) is 5.60. The number of aryl methyl sites for hydroxylation is 1. The Balaban J connectivity index is 1.92. The third-order valence-corrected chi connectivity index (χ3v) is 3.77. The predicted molar refractivity (Wildman–Crippen MR) is 97.7 cm³/mol. The fourth-order valence-electron chi connectivity index (χ4n) is 2.23. The van der Waals surface area contributed by atoms with Gasteiger partial charge in [-0.25, -0.2) is 9.97 Å². The molecule has 2 N–H and O–H groups in total. The predicted octanol–water partition coefficient (Wildman–Crippen LogP) is 3.62. The van der Waals surface area contributed by atoms with Crippen LogP contribution in [0.1, 0.15) is 41.6 Å². The SMILES string of the molecule is CCCCNC(=O)c1cc(NCCc2ccc(Cl)cc2)nc(C)n1. The van der Waals surface area contributed by atoms with Gasteiger partial charge in [-0.1, -0.05) is 37.1 Å². The molecule has 0 unspecified atom stereocenters. The molecule has 1 aromatic heterocycles. The second kappa shape index (κ2) is 9.23. The molecule has 0 aliphatic heterocycles. The first-order valence-electron chi connectivity index (χ1n) is 8.20. The summed E-state index contributed by atoms with van der Waals surface area (Å²) in [4.78, 5) is 20.7. The van der Waals surface area contributed by atoms with E-state index in [0.717, 1.165) is 30.8 Å². The van der Waals surface area contributed by atoms with Crippen LogP contribution >= 0.6 is 11.6 Å². The number of anilines is 1. The third kappa shape index (κ3) is 5.81. The minimum Gasteiger partial charge on any atom is -0.370 e. The molecule has 24 heavy (non-hydrogen) atoms. The number of aromatic nitrogens is 2. The Morgan fingerprint density at radius 1 is 1.17 bits per heavy atom. The number of unbranched alkanes of at least 4 members (excludes halogenated alkanes) is 1. The van der Waals surface area contributed by atoms with Gasteiger partial charge in [0, 0.05) is 24.2 Å². The van der Waals surface area contributed by atoms with Gasteiger partial charge in [0.05, 0.1) is 0 Å². The fourth-order valence-corrected chi connectivity index (χ4v) is 2.36. The Labute approximate surface area is 147 Å². The van der Waals surface area contributed by atoms with Crippen molar-refractivity contribution in [3.05, 3.63) is 52.4 Å². The van der Waals surface area contributed by atoms with E-state index >= 15 is 0 Å². The van der Waals surface area contributed by atoms with Crippen LogP contribution in [0, 0.1) is 6.92 Å². The average molecular weight is 347 g/mol. The Kier molecular flexibility index (Phi) is 7.00. The highest BCUT2D eigenvalue weighted by Crippen LogP contribution is 2.11. The molecule has 0 bridgehead atoms. The zero-order chi connectivity index (χ0) is 17.4. The number of rotatable bonds is 8. The van der Waals surface area contributed by atoms with Gasteiger partial charge in [0.15, 0.2) is 0 Å². The van der Waals surface area contributed by atoms with Crippen LogP contribution in [0.2, 0.25) is 5.02 Å². The quantitative estimate of drug-likeness (QED) is 0.716. The molecular weight excluding hydrogens is 324 g/mol. The van der Waals surface area contributed by atoms with Crippen LogP contribution < -0.4 is 10.6 Å². The van der Waals surface area contributed by atoms with Gasteiger partial charge in [0.25, 0.3) is 5.91 Å². The van der Waals surface area contributed by atoms with Crippen molar-refractivity contribution in [2.24, 2.45) is 0 Å². The van der Waals surface area contributed by atoms with Crippen molar-refractivity contribution < 1.29 is 4.79 Å². The van der Waals surface area contributed by atoms with Crippen molar-refractivity contribution in [2.75, 3.05) is 18.4 Å². The number of nitrogens with zero attached hydrogens (tertiary/aromatic N) is 2. The number of nitrogens with one attached hydrogen (secondary N) is 2. The van der Waals surface area contributed by atoms with Crippen molar-refractivity contribution in [3.63, 3.8) is 0 Å². The first kappa shape index (κ1) is 18.2. The summed E-state index contributed by atoms with van der Waals surface area (Å²) < 4.78 is 0. The highest BCUT2D eigenvalue weighted by molar-refractivity contribution is 6.30. The van der Waals surface area contributed by atoms with Crippen LogP contribution in [-0.2, 0) is 6.42 Å². The first-order chi connectivity index (χ1) is 11.6. The highest BCUT2D eigenvalue weighted by atomic mass is 35.5. The molecule has 0 saturated heterocycles. The summed E-state index contributed by atoms with van der Waals surface area (Å²) in [6.07, 6.45) is 2.85. The third-order valence-electron chi connectivity index (χ3n) is 3.52. The molecule has 0 saturated carbocycles. The van der Waals surface area contributed by atoms with E-state index in [0.29, 0.717) is 23.9 Å². The first-order valence-corrected chi connectivity index (χ1v) is 8.58. The minimum absolute atomic E-state index is 0.158. The fraction of sp³-hybridized carbons (Fsp3) is 0.389. The van der Waals surface area contributed by atoms with Crippen molar-refractivity contribution in [3.8, 4) is 0 Å². The molecule has 5 nitrogen and oxygen atoms in total. The topological polar surface area (TPSA) is 66.9 Å². The van der Waals surface area contributed by atoms with Gasteiger partial charge in [-0.15, -0.1) is 0 Å². The van der Waals surface area contributed by atoms with Crippen LogP contribution in [0.5, 0.6) is 0 Å². The zero-order valence-electron chi connectivity index (χ0n) is 14.1. The van der Waals surface area contributed by atoms with E-state index in [2.05, 4.69) is 27.5 Å².